The lowest BCUT2D eigenvalue weighted by Crippen LogP contribution is -2.21. The maximum Gasteiger partial charge on any atom is 0.345 e. The van der Waals surface area contributed by atoms with Crippen molar-refractivity contribution in [2.45, 2.75) is 30.9 Å². The molecule has 8 heteroatoms. The van der Waals surface area contributed by atoms with Gasteiger partial charge in [0.1, 0.15) is 0 Å². The number of alkyl halides is 2. The summed E-state index contributed by atoms with van der Waals surface area (Å²) in [6.45, 7) is 3.32. The summed E-state index contributed by atoms with van der Waals surface area (Å²) in [4.78, 5) is 30.0. The van der Waals surface area contributed by atoms with Crippen molar-refractivity contribution in [1.82, 2.24) is 9.97 Å². The summed E-state index contributed by atoms with van der Waals surface area (Å²) < 4.78 is 25.1. The number of aryl methyl sites for hydroxylation is 2. The largest absolute Gasteiger partial charge is 0.345 e. The fourth-order valence-electron chi connectivity index (χ4n) is 2.14. The van der Waals surface area contributed by atoms with Crippen LogP contribution >= 0.6 is 11.8 Å². The van der Waals surface area contributed by atoms with Crippen LogP contribution in [0.5, 0.6) is 0 Å². The number of carbonyl (C=O) groups excluding carboxylic acids is 1. The maximum absolute atomic E-state index is 12.5. The third-order valence-electron chi connectivity index (χ3n) is 3.17. The van der Waals surface area contributed by atoms with E-state index in [9.17, 15) is 18.4 Å². The van der Waals surface area contributed by atoms with Gasteiger partial charge in [0.25, 0.3) is 5.76 Å². The predicted molar refractivity (Wildman–Crippen MR) is 85.0 cm³/mol. The Bertz CT molecular complexity index is 751. The van der Waals surface area contributed by atoms with E-state index in [0.717, 1.165) is 0 Å². The minimum absolute atomic E-state index is 0.00484. The quantitative estimate of drug-likeness (QED) is 0.822. The number of thioether (sulfide) groups is 1. The highest BCUT2D eigenvalue weighted by atomic mass is 32.2. The first kappa shape index (κ1) is 17.1. The van der Waals surface area contributed by atoms with Crippen LogP contribution < -0.4 is 11.0 Å². The lowest BCUT2D eigenvalue weighted by atomic mass is 10.1. The Hall–Kier alpha value is -2.22. The van der Waals surface area contributed by atoms with E-state index in [1.165, 1.54) is 6.07 Å². The Kier molecular flexibility index (Phi) is 5.49. The molecule has 0 fully saturated rings. The number of amides is 1. The fraction of sp³-hybridized carbons (Fsp3) is 0.267. The second kappa shape index (κ2) is 7.36. The van der Waals surface area contributed by atoms with Gasteiger partial charge in [0.2, 0.25) is 5.91 Å². The second-order valence-electron chi connectivity index (χ2n) is 4.83. The molecule has 0 saturated heterocycles. The number of halogens is 2. The van der Waals surface area contributed by atoms with Crippen LogP contribution in [0.25, 0.3) is 0 Å². The summed E-state index contributed by atoms with van der Waals surface area (Å²) in [7, 11) is 0. The first-order valence-corrected chi connectivity index (χ1v) is 7.65. The normalized spacial score (nSPS) is 10.8. The zero-order valence-corrected chi connectivity index (χ0v) is 13.3. The summed E-state index contributed by atoms with van der Waals surface area (Å²) in [5.41, 5.74) is 1.50. The van der Waals surface area contributed by atoms with Crippen LogP contribution in [0.2, 0.25) is 0 Å². The number of anilines is 1. The molecule has 1 aromatic carbocycles. The molecule has 2 rings (SSSR count). The number of benzene rings is 1. The maximum atomic E-state index is 12.5. The molecule has 0 aliphatic rings. The van der Waals surface area contributed by atoms with Gasteiger partial charge in [-0.1, -0.05) is 23.9 Å². The Morgan fingerprint density at radius 1 is 1.35 bits per heavy atom. The molecule has 1 amide bonds. The van der Waals surface area contributed by atoms with Crippen molar-refractivity contribution < 1.29 is 13.6 Å². The van der Waals surface area contributed by atoms with Crippen molar-refractivity contribution in [2.24, 2.45) is 0 Å². The van der Waals surface area contributed by atoms with Crippen molar-refractivity contribution in [3.8, 4) is 0 Å². The zero-order valence-electron chi connectivity index (χ0n) is 12.5. The summed E-state index contributed by atoms with van der Waals surface area (Å²) in [6.07, 6.45) is -0.00484. The highest BCUT2D eigenvalue weighted by molar-refractivity contribution is 7.99. The molecule has 1 heterocycles. The summed E-state index contributed by atoms with van der Waals surface area (Å²) in [5.74, 6) is -2.94. The number of H-pyrrole nitrogens is 1. The summed E-state index contributed by atoms with van der Waals surface area (Å²) in [5, 5.41) is 2.62. The molecule has 0 spiro atoms. The van der Waals surface area contributed by atoms with Crippen LogP contribution in [0.1, 0.15) is 17.0 Å². The van der Waals surface area contributed by atoms with Gasteiger partial charge < -0.3 is 10.3 Å². The van der Waals surface area contributed by atoms with Gasteiger partial charge in [-0.3, -0.25) is 4.79 Å². The monoisotopic (exact) mass is 339 g/mol. The van der Waals surface area contributed by atoms with Gasteiger partial charge in [0.05, 0.1) is 12.1 Å². The van der Waals surface area contributed by atoms with Gasteiger partial charge in [-0.15, -0.1) is 0 Å². The van der Waals surface area contributed by atoms with E-state index < -0.39 is 11.4 Å². The third-order valence-corrected chi connectivity index (χ3v) is 3.96. The minimum Gasteiger partial charge on any atom is -0.325 e. The van der Waals surface area contributed by atoms with Crippen molar-refractivity contribution in [3.05, 3.63) is 51.7 Å². The Morgan fingerprint density at radius 3 is 2.70 bits per heavy atom. The smallest absolute Gasteiger partial charge is 0.325 e. The zero-order chi connectivity index (χ0) is 17.0. The van der Waals surface area contributed by atoms with E-state index in [-0.39, 0.29) is 12.3 Å². The van der Waals surface area contributed by atoms with Crippen molar-refractivity contribution in [2.75, 3.05) is 5.32 Å². The number of para-hydroxylation sites is 1. The molecule has 0 bridgehead atoms. The summed E-state index contributed by atoms with van der Waals surface area (Å²) in [6, 6.07) is 6.36. The molecule has 122 valence electrons. The van der Waals surface area contributed by atoms with E-state index in [4.69, 9.17) is 0 Å². The molecule has 0 saturated carbocycles. The molecule has 1 aromatic heterocycles. The van der Waals surface area contributed by atoms with E-state index in [1.807, 2.05) is 0 Å². The van der Waals surface area contributed by atoms with Gasteiger partial charge in [-0.2, -0.15) is 13.8 Å². The van der Waals surface area contributed by atoms with E-state index in [1.54, 1.807) is 32.0 Å². The highest BCUT2D eigenvalue weighted by Crippen LogP contribution is 2.31. The SMILES string of the molecule is Cc1nc(=O)[nH]c(C)c1CC(=O)Nc1ccccc1SC(F)F. The summed E-state index contributed by atoms with van der Waals surface area (Å²) >= 11 is 0.374. The highest BCUT2D eigenvalue weighted by Gasteiger charge is 2.14. The van der Waals surface area contributed by atoms with Gasteiger partial charge in [0.15, 0.2) is 0 Å². The van der Waals surface area contributed by atoms with Gasteiger partial charge >= 0.3 is 5.69 Å². The molecular weight excluding hydrogens is 324 g/mol. The number of carbonyl (C=O) groups is 1. The van der Waals surface area contributed by atoms with E-state index in [0.29, 0.717) is 39.3 Å². The number of aromatic nitrogens is 2. The molecule has 0 radical (unpaired) electrons. The van der Waals surface area contributed by atoms with Gasteiger partial charge in [0, 0.05) is 21.8 Å². The second-order valence-corrected chi connectivity index (χ2v) is 5.86. The topological polar surface area (TPSA) is 74.8 Å². The van der Waals surface area contributed by atoms with Crippen LogP contribution in [0.3, 0.4) is 0 Å². The van der Waals surface area contributed by atoms with Crippen LogP contribution in [-0.2, 0) is 11.2 Å². The minimum atomic E-state index is -2.57. The van der Waals surface area contributed by atoms with E-state index in [2.05, 4.69) is 15.3 Å². The third kappa shape index (κ3) is 4.62. The first-order chi connectivity index (χ1) is 10.9. The number of nitrogens with zero attached hydrogens (tertiary/aromatic N) is 1. The molecule has 5 nitrogen and oxygen atoms in total. The average molecular weight is 339 g/mol. The number of rotatable bonds is 5. The molecular formula is C15H15F2N3O2S. The lowest BCUT2D eigenvalue weighted by Gasteiger charge is -2.12. The Morgan fingerprint density at radius 2 is 2.04 bits per heavy atom. The fourth-order valence-corrected chi connectivity index (χ4v) is 2.73. The number of hydrogen-bond acceptors (Lipinski definition) is 4. The molecule has 2 N–H and O–H groups in total. The predicted octanol–water partition coefficient (Wildman–Crippen LogP) is 2.88. The number of hydrogen-bond donors (Lipinski definition) is 2. The van der Waals surface area contributed by atoms with Crippen molar-refractivity contribution >= 4 is 23.4 Å². The van der Waals surface area contributed by atoms with Gasteiger partial charge in [-0.05, 0) is 26.0 Å². The molecule has 2 aromatic rings. The first-order valence-electron chi connectivity index (χ1n) is 6.77. The molecule has 0 atom stereocenters. The van der Waals surface area contributed by atoms with Crippen molar-refractivity contribution in [3.63, 3.8) is 0 Å². The number of aromatic amines is 1. The number of nitrogens with one attached hydrogen (secondary N) is 2. The van der Waals surface area contributed by atoms with Gasteiger partial charge in [-0.25, -0.2) is 4.79 Å². The standard InChI is InChI=1S/C15H15F2N3O2S/c1-8-10(9(2)19-15(22)18-8)7-13(21)20-11-5-3-4-6-12(11)23-14(16)17/h3-6,14H,7H2,1-2H3,(H,20,21)(H,18,19,22). The molecule has 23 heavy (non-hydrogen) atoms. The lowest BCUT2D eigenvalue weighted by molar-refractivity contribution is -0.115. The molecule has 0 aliphatic carbocycles. The van der Waals surface area contributed by atoms with Crippen LogP contribution in [0.15, 0.2) is 34.0 Å². The Balaban J connectivity index is 2.16. The van der Waals surface area contributed by atoms with E-state index >= 15 is 0 Å². The van der Waals surface area contributed by atoms with Crippen LogP contribution in [-0.4, -0.2) is 21.6 Å². The Labute approximate surface area is 135 Å². The van der Waals surface area contributed by atoms with Crippen LogP contribution in [0.4, 0.5) is 14.5 Å². The molecule has 0 unspecified atom stereocenters. The van der Waals surface area contributed by atoms with Crippen LogP contribution in [0, 0.1) is 13.8 Å². The average Bonchev–Trinajstić information content (AvgIpc) is 2.44. The van der Waals surface area contributed by atoms with Crippen molar-refractivity contribution in [1.29, 1.82) is 0 Å². The molecule has 0 aliphatic heterocycles.